The Bertz CT molecular complexity index is 666. The van der Waals surface area contributed by atoms with Gasteiger partial charge in [0.2, 0.25) is 0 Å². The van der Waals surface area contributed by atoms with Gasteiger partial charge in [-0.25, -0.2) is 0 Å². The zero-order chi connectivity index (χ0) is 11.0. The van der Waals surface area contributed by atoms with Crippen molar-refractivity contribution in [2.24, 2.45) is 0 Å². The van der Waals surface area contributed by atoms with Gasteiger partial charge in [0, 0.05) is 17.0 Å². The van der Waals surface area contributed by atoms with Crippen LogP contribution in [0.3, 0.4) is 0 Å². The molecule has 0 aliphatic rings. The number of hydrogen-bond acceptors (Lipinski definition) is 2. The van der Waals surface area contributed by atoms with Crippen LogP contribution < -0.4 is 3.79 Å². The molecule has 1 heterocycles. The molecule has 0 fully saturated rings. The molecule has 3 aromatic rings. The fraction of sp³-hybridized carbons (Fsp3) is 0. The van der Waals surface area contributed by atoms with E-state index in [2.05, 4.69) is 39.8 Å². The van der Waals surface area contributed by atoms with Crippen molar-refractivity contribution in [3.8, 4) is 5.75 Å². The molecule has 16 heavy (non-hydrogen) atoms. The first-order valence-corrected chi connectivity index (χ1v) is 5.50. The molecule has 0 unspecified atom stereocenters. The third-order valence-corrected chi connectivity index (χ3v) is 2.96. The minimum Gasteiger partial charge on any atom is -0.652 e. The first kappa shape index (κ1) is 9.65. The van der Waals surface area contributed by atoms with Crippen LogP contribution in [-0.2, 0) is 0 Å². The lowest BCUT2D eigenvalue weighted by Gasteiger charge is -2.08. The Hall–Kier alpha value is -1.56. The fourth-order valence-electron chi connectivity index (χ4n) is 1.96. The summed E-state index contributed by atoms with van der Waals surface area (Å²) in [5, 5.41) is 3.48. The number of benzene rings is 2. The quantitative estimate of drug-likeness (QED) is 0.465. The van der Waals surface area contributed by atoms with Crippen molar-refractivity contribution in [3.63, 3.8) is 0 Å². The summed E-state index contributed by atoms with van der Waals surface area (Å²) in [6.45, 7) is 0. The van der Waals surface area contributed by atoms with E-state index in [-0.39, 0.29) is 0 Å². The van der Waals surface area contributed by atoms with Crippen LogP contribution >= 0.6 is 0 Å². The summed E-state index contributed by atoms with van der Waals surface area (Å²) in [5.41, 5.74) is 0.899. The summed E-state index contributed by atoms with van der Waals surface area (Å²) in [5.74, 6) is 0.785. The van der Waals surface area contributed by atoms with Gasteiger partial charge in [-0.15, -0.1) is 0 Å². The average Bonchev–Trinajstić information content (AvgIpc) is 2.37. The van der Waals surface area contributed by atoms with E-state index in [0.717, 1.165) is 22.0 Å². The van der Waals surface area contributed by atoms with Crippen molar-refractivity contribution < 1.29 is 3.79 Å². The third-order valence-electron chi connectivity index (χ3n) is 2.71. The zero-order valence-corrected chi connectivity index (χ0v) is 9.71. The normalized spacial score (nSPS) is 10.8. The lowest BCUT2D eigenvalue weighted by molar-refractivity contribution is 0.622. The predicted molar refractivity (Wildman–Crippen MR) is 65.6 cm³/mol. The number of rotatable bonds is 1. The molecule has 0 saturated heterocycles. The van der Waals surface area contributed by atoms with Crippen LogP contribution in [0.2, 0.25) is 0 Å². The highest BCUT2D eigenvalue weighted by molar-refractivity contribution is 6.08. The predicted octanol–water partition coefficient (Wildman–Crippen LogP) is 2.85. The Labute approximate surface area is 102 Å². The average molecular weight is 221 g/mol. The zero-order valence-electron chi connectivity index (χ0n) is 8.55. The van der Waals surface area contributed by atoms with Crippen LogP contribution in [0.5, 0.6) is 5.75 Å². The van der Waals surface area contributed by atoms with E-state index in [1.54, 1.807) is 0 Å². The molecule has 2 nitrogen and oxygen atoms in total. The molecule has 0 aliphatic carbocycles. The molecule has 1 aromatic heterocycles. The van der Waals surface area contributed by atoms with Crippen molar-refractivity contribution in [2.75, 3.05) is 0 Å². The van der Waals surface area contributed by atoms with Crippen LogP contribution in [0.4, 0.5) is 0 Å². The Morgan fingerprint density at radius 2 is 1.75 bits per heavy atom. The smallest absolute Gasteiger partial charge is 0.482 e. The number of fused-ring (bicyclic) bond motifs is 3. The van der Waals surface area contributed by atoms with Gasteiger partial charge in [-0.05, 0) is 11.5 Å². The molecule has 0 spiro atoms. The number of aromatic nitrogens is 1. The van der Waals surface area contributed by atoms with Crippen molar-refractivity contribution in [1.29, 1.82) is 0 Å². The molecule has 2 aromatic carbocycles. The van der Waals surface area contributed by atoms with Crippen molar-refractivity contribution >= 4 is 38.3 Å². The van der Waals surface area contributed by atoms with Crippen molar-refractivity contribution in [3.05, 3.63) is 48.7 Å². The van der Waals surface area contributed by atoms with Crippen molar-refractivity contribution in [2.45, 2.75) is 0 Å². The molecule has 74 valence electrons. The van der Waals surface area contributed by atoms with E-state index in [4.69, 9.17) is 3.79 Å². The summed E-state index contributed by atoms with van der Waals surface area (Å²) < 4.78 is 5.23. The van der Waals surface area contributed by atoms with Crippen LogP contribution in [0.15, 0.2) is 48.7 Å². The van der Waals surface area contributed by atoms with Crippen molar-refractivity contribution in [1.82, 2.24) is 4.98 Å². The molecule has 0 saturated carbocycles. The first-order valence-electron chi connectivity index (χ1n) is 5.03. The molecule has 0 aliphatic heterocycles. The van der Waals surface area contributed by atoms with Gasteiger partial charge in [0.05, 0.1) is 0 Å². The Morgan fingerprint density at radius 1 is 0.938 bits per heavy atom. The van der Waals surface area contributed by atoms with Crippen LogP contribution in [0.1, 0.15) is 0 Å². The molecular weight excluding hydrogens is 213 g/mol. The number of para-hydroxylation sites is 1. The highest BCUT2D eigenvalue weighted by atomic mass is 27.1. The van der Waals surface area contributed by atoms with Gasteiger partial charge < -0.3 is 3.79 Å². The van der Waals surface area contributed by atoms with Gasteiger partial charge in [-0.1, -0.05) is 36.4 Å². The summed E-state index contributed by atoms with van der Waals surface area (Å²) >= 11 is 2.26. The molecule has 3 rings (SSSR count). The largest absolute Gasteiger partial charge is 0.652 e. The second kappa shape index (κ2) is 3.79. The Morgan fingerprint density at radius 3 is 2.62 bits per heavy atom. The van der Waals surface area contributed by atoms with Gasteiger partial charge >= 0.3 is 16.6 Å². The lowest BCUT2D eigenvalue weighted by atomic mass is 10.1. The summed E-state index contributed by atoms with van der Waals surface area (Å²) in [4.78, 5) is 4.44. The highest BCUT2D eigenvalue weighted by Gasteiger charge is 2.04. The lowest BCUT2D eigenvalue weighted by Crippen LogP contribution is -1.89. The topological polar surface area (TPSA) is 22.1 Å². The maximum Gasteiger partial charge on any atom is 0.482 e. The molecule has 0 N–H and O–H groups in total. The minimum atomic E-state index is 0.785. The summed E-state index contributed by atoms with van der Waals surface area (Å²) in [6, 6.07) is 14.2. The SMILES string of the molecule is [Al][O]c1cccc2c1ncc1ccccc12. The standard InChI is InChI=1S/C13H9NO.Al/c15-12-7-3-6-11-10-5-2-1-4-9(10)8-14-13(11)12;/h1-8,15H;/q;+1/p-1. The Balaban J connectivity index is 2.52. The number of hydrogen-bond donors (Lipinski definition) is 0. The van der Waals surface area contributed by atoms with Gasteiger partial charge in [0.15, 0.2) is 0 Å². The van der Waals surface area contributed by atoms with E-state index < -0.39 is 0 Å². The molecule has 2 radical (unpaired) electrons. The van der Waals surface area contributed by atoms with E-state index in [9.17, 15) is 0 Å². The van der Waals surface area contributed by atoms with E-state index in [1.807, 2.05) is 30.5 Å². The maximum atomic E-state index is 5.23. The first-order chi connectivity index (χ1) is 7.90. The van der Waals surface area contributed by atoms with Gasteiger partial charge in [0.25, 0.3) is 0 Å². The van der Waals surface area contributed by atoms with Gasteiger partial charge in [-0.2, -0.15) is 0 Å². The van der Waals surface area contributed by atoms with E-state index in [1.165, 1.54) is 5.39 Å². The van der Waals surface area contributed by atoms with Gasteiger partial charge in [0.1, 0.15) is 11.3 Å². The molecular formula is C13H8AlNO. The maximum absolute atomic E-state index is 5.23. The van der Waals surface area contributed by atoms with Crippen LogP contribution in [0, 0.1) is 0 Å². The molecule has 3 heteroatoms. The number of pyridine rings is 1. The molecule has 0 amide bonds. The minimum absolute atomic E-state index is 0.785. The van der Waals surface area contributed by atoms with Crippen LogP contribution in [0.25, 0.3) is 21.7 Å². The third kappa shape index (κ3) is 1.37. The second-order valence-electron chi connectivity index (χ2n) is 3.62. The fourth-order valence-corrected chi connectivity index (χ4v) is 2.15. The monoisotopic (exact) mass is 221 g/mol. The van der Waals surface area contributed by atoms with E-state index in [0.29, 0.717) is 0 Å². The summed E-state index contributed by atoms with van der Waals surface area (Å²) in [6.07, 6.45) is 1.88. The number of nitrogens with zero attached hydrogens (tertiary/aromatic N) is 1. The van der Waals surface area contributed by atoms with Gasteiger partial charge in [-0.3, -0.25) is 4.98 Å². The highest BCUT2D eigenvalue weighted by Crippen LogP contribution is 2.28. The Kier molecular flexibility index (Phi) is 2.28. The summed E-state index contributed by atoms with van der Waals surface area (Å²) in [7, 11) is 0. The van der Waals surface area contributed by atoms with Crippen LogP contribution in [-0.4, -0.2) is 21.6 Å². The van der Waals surface area contributed by atoms with E-state index >= 15 is 0 Å². The second-order valence-corrected chi connectivity index (χ2v) is 3.85. The molecule has 0 atom stereocenters. The molecule has 0 bridgehead atoms.